The van der Waals surface area contributed by atoms with Crippen LogP contribution in [0.15, 0.2) is 12.2 Å². The second-order valence-corrected chi connectivity index (χ2v) is 7.83. The van der Waals surface area contributed by atoms with Crippen molar-refractivity contribution in [3.05, 3.63) is 12.2 Å². The molecule has 0 radical (unpaired) electrons. The molecule has 0 aromatic carbocycles. The summed E-state index contributed by atoms with van der Waals surface area (Å²) in [6.45, 7) is 0.0160. The van der Waals surface area contributed by atoms with Crippen molar-refractivity contribution in [1.82, 2.24) is 15.5 Å². The first-order valence-electron chi connectivity index (χ1n) is 9.66. The van der Waals surface area contributed by atoms with Crippen LogP contribution in [0.3, 0.4) is 0 Å². The van der Waals surface area contributed by atoms with Gasteiger partial charge < -0.3 is 20.3 Å². The standard InChI is InChI=1S/C20H25N3O4/c1-3-11-23-16(18(25)22-12-7-5-4-6-8-12)20-10-9-13(27-20)14(17(24)21-2)15(20)19(23)26/h1,9-10,12-16H,4-8,11H2,2H3,(H,21,24)(H,22,25)/t13-,14-,15-,16+,20-/m0/s1. The second kappa shape index (κ2) is 6.68. The molecule has 0 unspecified atom stereocenters. The van der Waals surface area contributed by atoms with E-state index in [0.717, 1.165) is 25.7 Å². The topological polar surface area (TPSA) is 87.7 Å². The summed E-state index contributed by atoms with van der Waals surface area (Å²) in [7, 11) is 1.54. The zero-order valence-electron chi connectivity index (χ0n) is 15.4. The maximum absolute atomic E-state index is 13.2. The minimum Gasteiger partial charge on any atom is -0.359 e. The van der Waals surface area contributed by atoms with Gasteiger partial charge in [-0.25, -0.2) is 0 Å². The highest BCUT2D eigenvalue weighted by Gasteiger charge is 2.72. The molecule has 7 heteroatoms. The van der Waals surface area contributed by atoms with E-state index in [2.05, 4.69) is 16.6 Å². The van der Waals surface area contributed by atoms with Gasteiger partial charge in [-0.2, -0.15) is 0 Å². The average Bonchev–Trinajstić information content (AvgIpc) is 3.30. The molecule has 3 heterocycles. The Bertz CT molecular complexity index is 736. The number of terminal acetylenes is 1. The highest BCUT2D eigenvalue weighted by atomic mass is 16.5. The molecule has 2 bridgehead atoms. The Hall–Kier alpha value is -2.33. The molecular weight excluding hydrogens is 346 g/mol. The summed E-state index contributed by atoms with van der Waals surface area (Å²) in [5.41, 5.74) is -1.12. The minimum atomic E-state index is -1.12. The summed E-state index contributed by atoms with van der Waals surface area (Å²) in [4.78, 5) is 40.2. The van der Waals surface area contributed by atoms with Crippen molar-refractivity contribution in [2.75, 3.05) is 13.6 Å². The Kier molecular flexibility index (Phi) is 4.47. The van der Waals surface area contributed by atoms with Gasteiger partial charge in [0.15, 0.2) is 0 Å². The average molecular weight is 371 g/mol. The lowest BCUT2D eigenvalue weighted by Crippen LogP contribution is -2.56. The third-order valence-electron chi connectivity index (χ3n) is 6.38. The molecule has 7 nitrogen and oxygen atoms in total. The number of ether oxygens (including phenoxy) is 1. The Morgan fingerprint density at radius 1 is 1.33 bits per heavy atom. The van der Waals surface area contributed by atoms with Crippen LogP contribution in [0.25, 0.3) is 0 Å². The van der Waals surface area contributed by atoms with Crippen molar-refractivity contribution >= 4 is 17.7 Å². The van der Waals surface area contributed by atoms with Crippen molar-refractivity contribution in [2.24, 2.45) is 11.8 Å². The lowest BCUT2D eigenvalue weighted by atomic mass is 9.74. The number of hydrogen-bond acceptors (Lipinski definition) is 4. The Balaban J connectivity index is 1.66. The fourth-order valence-corrected chi connectivity index (χ4v) is 5.23. The predicted molar refractivity (Wildman–Crippen MR) is 97.1 cm³/mol. The maximum atomic E-state index is 13.2. The molecule has 3 amide bonds. The van der Waals surface area contributed by atoms with Crippen molar-refractivity contribution in [1.29, 1.82) is 0 Å². The Labute approximate surface area is 158 Å². The summed E-state index contributed by atoms with van der Waals surface area (Å²) in [6, 6.07) is -0.731. The van der Waals surface area contributed by atoms with Crippen LogP contribution in [0.2, 0.25) is 0 Å². The van der Waals surface area contributed by atoms with Crippen molar-refractivity contribution < 1.29 is 19.1 Å². The maximum Gasteiger partial charge on any atom is 0.246 e. The van der Waals surface area contributed by atoms with Gasteiger partial charge in [0.2, 0.25) is 17.7 Å². The van der Waals surface area contributed by atoms with Gasteiger partial charge in [-0.1, -0.05) is 37.3 Å². The minimum absolute atomic E-state index is 0.0160. The molecule has 1 spiro atoms. The highest BCUT2D eigenvalue weighted by molar-refractivity contribution is 6.00. The van der Waals surface area contributed by atoms with Crippen molar-refractivity contribution in [3.63, 3.8) is 0 Å². The second-order valence-electron chi connectivity index (χ2n) is 7.83. The molecule has 1 saturated carbocycles. The van der Waals surface area contributed by atoms with E-state index in [0.29, 0.717) is 0 Å². The molecule has 5 atom stereocenters. The van der Waals surface area contributed by atoms with Crippen molar-refractivity contribution in [3.8, 4) is 12.3 Å². The molecule has 4 rings (SSSR count). The molecular formula is C20H25N3O4. The number of rotatable bonds is 4. The summed E-state index contributed by atoms with van der Waals surface area (Å²) in [5, 5.41) is 5.72. The molecule has 0 aromatic heterocycles. The van der Waals surface area contributed by atoms with Crippen LogP contribution in [-0.4, -0.2) is 60.0 Å². The summed E-state index contributed by atoms with van der Waals surface area (Å²) < 4.78 is 6.13. The van der Waals surface area contributed by atoms with E-state index in [-0.39, 0.29) is 30.3 Å². The fraction of sp³-hybridized carbons (Fsp3) is 0.650. The van der Waals surface area contributed by atoms with Gasteiger partial charge in [-0.05, 0) is 12.8 Å². The van der Waals surface area contributed by atoms with E-state index < -0.39 is 29.6 Å². The molecule has 1 aliphatic carbocycles. The van der Waals surface area contributed by atoms with Gasteiger partial charge in [-0.3, -0.25) is 14.4 Å². The van der Waals surface area contributed by atoms with E-state index in [1.807, 2.05) is 0 Å². The van der Waals surface area contributed by atoms with Crippen LogP contribution >= 0.6 is 0 Å². The number of nitrogens with one attached hydrogen (secondary N) is 2. The first-order valence-corrected chi connectivity index (χ1v) is 9.66. The van der Waals surface area contributed by atoms with Gasteiger partial charge >= 0.3 is 0 Å². The number of hydrogen-bond donors (Lipinski definition) is 2. The monoisotopic (exact) mass is 371 g/mol. The largest absolute Gasteiger partial charge is 0.359 e. The van der Waals surface area contributed by atoms with Gasteiger partial charge in [0.05, 0.1) is 24.5 Å². The molecule has 27 heavy (non-hydrogen) atoms. The first-order chi connectivity index (χ1) is 13.0. The third-order valence-corrected chi connectivity index (χ3v) is 6.38. The number of nitrogens with zero attached hydrogens (tertiary/aromatic N) is 1. The van der Waals surface area contributed by atoms with E-state index in [1.165, 1.54) is 18.4 Å². The van der Waals surface area contributed by atoms with Crippen LogP contribution in [0.5, 0.6) is 0 Å². The number of likely N-dealkylation sites (tertiary alicyclic amines) is 1. The fourth-order valence-electron chi connectivity index (χ4n) is 5.23. The number of amides is 3. The molecule has 144 valence electrons. The predicted octanol–water partition coefficient (Wildman–Crippen LogP) is -0.0349. The van der Waals surface area contributed by atoms with Crippen LogP contribution in [0, 0.1) is 24.2 Å². The van der Waals surface area contributed by atoms with Gasteiger partial charge in [0.25, 0.3) is 0 Å². The van der Waals surface area contributed by atoms with E-state index in [9.17, 15) is 14.4 Å². The zero-order chi connectivity index (χ0) is 19.2. The zero-order valence-corrected chi connectivity index (χ0v) is 15.4. The molecule has 3 fully saturated rings. The SMILES string of the molecule is C#CCN1C(=O)[C@@H]2[C@@H](C(=O)NC)[C@@H]3C=C[C@@]2(O3)[C@H]1C(=O)NC1CCCCC1. The Morgan fingerprint density at radius 3 is 2.74 bits per heavy atom. The molecule has 2 saturated heterocycles. The summed E-state index contributed by atoms with van der Waals surface area (Å²) in [5.74, 6) is 0.346. The number of carbonyl (C=O) groups is 3. The van der Waals surface area contributed by atoms with Crippen LogP contribution in [0.1, 0.15) is 32.1 Å². The lowest BCUT2D eigenvalue weighted by Gasteiger charge is -2.33. The molecule has 3 aliphatic heterocycles. The van der Waals surface area contributed by atoms with Gasteiger partial charge in [0, 0.05) is 13.1 Å². The third kappa shape index (κ3) is 2.58. The van der Waals surface area contributed by atoms with E-state index >= 15 is 0 Å². The molecule has 2 N–H and O–H groups in total. The van der Waals surface area contributed by atoms with Crippen LogP contribution in [-0.2, 0) is 19.1 Å². The lowest BCUT2D eigenvalue weighted by molar-refractivity contribution is -0.141. The smallest absolute Gasteiger partial charge is 0.246 e. The number of carbonyl (C=O) groups excluding carboxylic acids is 3. The van der Waals surface area contributed by atoms with Gasteiger partial charge in [-0.15, -0.1) is 6.42 Å². The summed E-state index contributed by atoms with van der Waals surface area (Å²) in [6.07, 6.45) is 13.8. The van der Waals surface area contributed by atoms with Crippen molar-refractivity contribution in [2.45, 2.75) is 55.9 Å². The quantitative estimate of drug-likeness (QED) is 0.536. The first kappa shape index (κ1) is 18.1. The highest BCUT2D eigenvalue weighted by Crippen LogP contribution is 2.54. The molecule has 0 aromatic rings. The number of fused-ring (bicyclic) bond motifs is 1. The molecule has 4 aliphatic rings. The van der Waals surface area contributed by atoms with E-state index in [4.69, 9.17) is 11.2 Å². The van der Waals surface area contributed by atoms with E-state index in [1.54, 1.807) is 12.2 Å². The summed E-state index contributed by atoms with van der Waals surface area (Å²) >= 11 is 0. The van der Waals surface area contributed by atoms with Gasteiger partial charge in [0.1, 0.15) is 11.6 Å². The normalized spacial score (nSPS) is 37.2. The van der Waals surface area contributed by atoms with Crippen LogP contribution < -0.4 is 10.6 Å². The Morgan fingerprint density at radius 2 is 2.07 bits per heavy atom. The van der Waals surface area contributed by atoms with Crippen LogP contribution in [0.4, 0.5) is 0 Å².